The molecule has 20 heavy (non-hydrogen) atoms. The molecule has 0 aliphatic rings. The summed E-state index contributed by atoms with van der Waals surface area (Å²) in [6, 6.07) is 10.7. The Bertz CT molecular complexity index is 561. The highest BCUT2D eigenvalue weighted by Gasteiger charge is 2.01. The predicted octanol–water partition coefficient (Wildman–Crippen LogP) is 2.55. The number of hydrogen-bond donors (Lipinski definition) is 1. The summed E-state index contributed by atoms with van der Waals surface area (Å²) >= 11 is 0. The van der Waals surface area contributed by atoms with Crippen LogP contribution in [0.4, 0.5) is 4.79 Å². The van der Waals surface area contributed by atoms with Crippen LogP contribution in [-0.2, 0) is 11.3 Å². The Morgan fingerprint density at radius 2 is 2.15 bits per heavy atom. The summed E-state index contributed by atoms with van der Waals surface area (Å²) < 4.78 is 15.0. The van der Waals surface area contributed by atoms with Crippen molar-refractivity contribution >= 4 is 12.3 Å². The van der Waals surface area contributed by atoms with Crippen LogP contribution in [0.25, 0.3) is 0 Å². The SMILES string of the molecule is COc1ccc(COC(=O)NN=Cc2ccco2)cc1. The van der Waals surface area contributed by atoms with Crippen molar-refractivity contribution in [2.24, 2.45) is 5.10 Å². The van der Waals surface area contributed by atoms with Crippen molar-refractivity contribution in [3.05, 3.63) is 54.0 Å². The number of ether oxygens (including phenoxy) is 2. The average Bonchev–Trinajstić information content (AvgIpc) is 2.99. The molecule has 6 nitrogen and oxygen atoms in total. The zero-order valence-electron chi connectivity index (χ0n) is 10.9. The second kappa shape index (κ2) is 6.98. The standard InChI is InChI=1S/C14H14N2O4/c1-18-12-6-4-11(5-7-12)10-20-14(17)16-15-9-13-3-2-8-19-13/h2-9H,10H2,1H3,(H,16,17). The molecule has 0 saturated carbocycles. The highest BCUT2D eigenvalue weighted by Crippen LogP contribution is 2.11. The van der Waals surface area contributed by atoms with Gasteiger partial charge in [0.05, 0.1) is 19.6 Å². The monoisotopic (exact) mass is 274 g/mol. The van der Waals surface area contributed by atoms with Gasteiger partial charge >= 0.3 is 6.09 Å². The summed E-state index contributed by atoms with van der Waals surface area (Å²) in [7, 11) is 1.59. The third-order valence-electron chi connectivity index (χ3n) is 2.42. The van der Waals surface area contributed by atoms with E-state index in [0.29, 0.717) is 5.76 Å². The number of nitrogens with zero attached hydrogens (tertiary/aromatic N) is 1. The molecule has 0 unspecified atom stereocenters. The van der Waals surface area contributed by atoms with Gasteiger partial charge in [-0.3, -0.25) is 0 Å². The van der Waals surface area contributed by atoms with Gasteiger partial charge in [-0.25, -0.2) is 10.2 Å². The highest BCUT2D eigenvalue weighted by atomic mass is 16.6. The fourth-order valence-electron chi connectivity index (χ4n) is 1.42. The van der Waals surface area contributed by atoms with Crippen molar-refractivity contribution in [1.29, 1.82) is 0 Å². The van der Waals surface area contributed by atoms with Crippen LogP contribution in [0.5, 0.6) is 5.75 Å². The number of furan rings is 1. The molecule has 0 aliphatic heterocycles. The van der Waals surface area contributed by atoms with Crippen LogP contribution in [0.3, 0.4) is 0 Å². The average molecular weight is 274 g/mol. The first-order chi connectivity index (χ1) is 9.78. The van der Waals surface area contributed by atoms with E-state index in [4.69, 9.17) is 13.9 Å². The van der Waals surface area contributed by atoms with Crippen LogP contribution in [0.2, 0.25) is 0 Å². The molecule has 0 fully saturated rings. The number of benzene rings is 1. The van der Waals surface area contributed by atoms with Crippen molar-refractivity contribution < 1.29 is 18.7 Å². The van der Waals surface area contributed by atoms with E-state index in [2.05, 4.69) is 10.5 Å². The smallest absolute Gasteiger partial charge is 0.428 e. The van der Waals surface area contributed by atoms with Crippen LogP contribution in [0, 0.1) is 0 Å². The zero-order chi connectivity index (χ0) is 14.2. The molecule has 1 N–H and O–H groups in total. The molecule has 1 aromatic carbocycles. The number of carbonyl (C=O) groups excluding carboxylic acids is 1. The predicted molar refractivity (Wildman–Crippen MR) is 72.6 cm³/mol. The lowest BCUT2D eigenvalue weighted by atomic mass is 10.2. The fourth-order valence-corrected chi connectivity index (χ4v) is 1.42. The van der Waals surface area contributed by atoms with Gasteiger partial charge in [-0.2, -0.15) is 5.10 Å². The molecular formula is C14H14N2O4. The normalized spacial score (nSPS) is 10.4. The number of amides is 1. The third kappa shape index (κ3) is 4.16. The van der Waals surface area contributed by atoms with Gasteiger partial charge in [-0.15, -0.1) is 0 Å². The van der Waals surface area contributed by atoms with Gasteiger partial charge in [0.2, 0.25) is 0 Å². The number of hydrazone groups is 1. The first-order valence-corrected chi connectivity index (χ1v) is 5.90. The lowest BCUT2D eigenvalue weighted by Crippen LogP contribution is -2.18. The van der Waals surface area contributed by atoms with E-state index in [1.807, 2.05) is 12.1 Å². The minimum absolute atomic E-state index is 0.159. The van der Waals surface area contributed by atoms with Crippen LogP contribution >= 0.6 is 0 Å². The van der Waals surface area contributed by atoms with Gasteiger partial charge in [-0.05, 0) is 29.8 Å². The van der Waals surface area contributed by atoms with E-state index in [0.717, 1.165) is 11.3 Å². The molecule has 2 aromatic rings. The second-order valence-corrected chi connectivity index (χ2v) is 3.81. The van der Waals surface area contributed by atoms with E-state index in [1.165, 1.54) is 12.5 Å². The minimum Gasteiger partial charge on any atom is -0.497 e. The van der Waals surface area contributed by atoms with Gasteiger partial charge < -0.3 is 13.9 Å². The first kappa shape index (κ1) is 13.7. The number of rotatable bonds is 5. The Kier molecular flexibility index (Phi) is 4.77. The van der Waals surface area contributed by atoms with E-state index < -0.39 is 6.09 Å². The van der Waals surface area contributed by atoms with E-state index in [9.17, 15) is 4.79 Å². The molecule has 0 radical (unpaired) electrons. The molecular weight excluding hydrogens is 260 g/mol. The zero-order valence-corrected chi connectivity index (χ0v) is 10.9. The minimum atomic E-state index is -0.636. The molecule has 0 spiro atoms. The van der Waals surface area contributed by atoms with Gasteiger partial charge in [0.15, 0.2) is 0 Å². The molecule has 0 saturated heterocycles. The Morgan fingerprint density at radius 1 is 1.35 bits per heavy atom. The quantitative estimate of drug-likeness (QED) is 0.671. The summed E-state index contributed by atoms with van der Waals surface area (Å²) in [5.74, 6) is 1.29. The maximum absolute atomic E-state index is 11.4. The summed E-state index contributed by atoms with van der Waals surface area (Å²) in [6.07, 6.45) is 2.27. The second-order valence-electron chi connectivity index (χ2n) is 3.81. The Morgan fingerprint density at radius 3 is 2.80 bits per heavy atom. The topological polar surface area (TPSA) is 73.1 Å². The van der Waals surface area contributed by atoms with E-state index in [-0.39, 0.29) is 6.61 Å². The Hall–Kier alpha value is -2.76. The third-order valence-corrected chi connectivity index (χ3v) is 2.42. The number of methoxy groups -OCH3 is 1. The number of nitrogens with one attached hydrogen (secondary N) is 1. The largest absolute Gasteiger partial charge is 0.497 e. The molecule has 0 atom stereocenters. The van der Waals surface area contributed by atoms with E-state index in [1.54, 1.807) is 31.4 Å². The van der Waals surface area contributed by atoms with E-state index >= 15 is 0 Å². The van der Waals surface area contributed by atoms with Crippen molar-refractivity contribution in [3.8, 4) is 5.75 Å². The Labute approximate surface area is 116 Å². The van der Waals surface area contributed by atoms with Gasteiger partial charge in [-0.1, -0.05) is 12.1 Å². The molecule has 2 rings (SSSR count). The maximum Gasteiger partial charge on any atom is 0.428 e. The van der Waals surface area contributed by atoms with Gasteiger partial charge in [0.25, 0.3) is 0 Å². The molecule has 104 valence electrons. The lowest BCUT2D eigenvalue weighted by Gasteiger charge is -2.04. The number of carbonyl (C=O) groups is 1. The summed E-state index contributed by atoms with van der Waals surface area (Å²) in [5.41, 5.74) is 3.09. The molecule has 0 bridgehead atoms. The van der Waals surface area contributed by atoms with Crippen molar-refractivity contribution in [3.63, 3.8) is 0 Å². The van der Waals surface area contributed by atoms with Gasteiger partial charge in [0, 0.05) is 0 Å². The van der Waals surface area contributed by atoms with Crippen molar-refractivity contribution in [1.82, 2.24) is 5.43 Å². The molecule has 1 aromatic heterocycles. The molecule has 1 heterocycles. The first-order valence-electron chi connectivity index (χ1n) is 5.90. The molecule has 6 heteroatoms. The maximum atomic E-state index is 11.4. The molecule has 1 amide bonds. The lowest BCUT2D eigenvalue weighted by molar-refractivity contribution is 0.140. The summed E-state index contributed by atoms with van der Waals surface area (Å²) in [4.78, 5) is 11.4. The summed E-state index contributed by atoms with van der Waals surface area (Å²) in [6.45, 7) is 0.159. The van der Waals surface area contributed by atoms with Crippen molar-refractivity contribution in [2.45, 2.75) is 6.61 Å². The summed E-state index contributed by atoms with van der Waals surface area (Å²) in [5, 5.41) is 3.69. The number of hydrogen-bond acceptors (Lipinski definition) is 5. The highest BCUT2D eigenvalue weighted by molar-refractivity contribution is 5.77. The van der Waals surface area contributed by atoms with Gasteiger partial charge in [0.1, 0.15) is 18.1 Å². The van der Waals surface area contributed by atoms with Crippen LogP contribution < -0.4 is 10.2 Å². The Balaban J connectivity index is 1.74. The van der Waals surface area contributed by atoms with Crippen LogP contribution in [0.1, 0.15) is 11.3 Å². The van der Waals surface area contributed by atoms with Crippen molar-refractivity contribution in [2.75, 3.05) is 7.11 Å². The molecule has 0 aliphatic carbocycles. The fraction of sp³-hybridized carbons (Fsp3) is 0.143. The van der Waals surface area contributed by atoms with Crippen LogP contribution in [0.15, 0.2) is 52.2 Å². The van der Waals surface area contributed by atoms with Crippen LogP contribution in [-0.4, -0.2) is 19.4 Å².